The molecule has 0 radical (unpaired) electrons. The molecule has 1 aromatic carbocycles. The minimum absolute atomic E-state index is 0.0212. The summed E-state index contributed by atoms with van der Waals surface area (Å²) in [6, 6.07) is 6.89. The van der Waals surface area contributed by atoms with Gasteiger partial charge in [0.15, 0.2) is 5.78 Å². The number of anilines is 1. The Balaban J connectivity index is 2.46. The fraction of sp³-hybridized carbons (Fsp3) is 0.611. The predicted molar refractivity (Wildman–Crippen MR) is 100 cm³/mol. The molecule has 24 heavy (non-hydrogen) atoms. The molecule has 2 N–H and O–H groups in total. The van der Waals surface area contributed by atoms with E-state index in [0.717, 1.165) is 19.1 Å². The highest BCUT2D eigenvalue weighted by molar-refractivity contribution is 7.92. The van der Waals surface area contributed by atoms with Crippen molar-refractivity contribution in [3.05, 3.63) is 29.8 Å². The number of carbonyl (C=O) groups excluding carboxylic acids is 1. The molecular weight excluding hydrogens is 324 g/mol. The van der Waals surface area contributed by atoms with Gasteiger partial charge in [-0.05, 0) is 37.1 Å². The zero-order valence-electron chi connectivity index (χ0n) is 15.0. The van der Waals surface area contributed by atoms with Crippen molar-refractivity contribution >= 4 is 21.5 Å². The Morgan fingerprint density at radius 3 is 2.29 bits per heavy atom. The van der Waals surface area contributed by atoms with Gasteiger partial charge in [-0.25, -0.2) is 8.42 Å². The number of hydrogen-bond donors (Lipinski definition) is 2. The molecule has 136 valence electrons. The van der Waals surface area contributed by atoms with Crippen molar-refractivity contribution in [3.63, 3.8) is 0 Å². The molecule has 0 saturated carbocycles. The van der Waals surface area contributed by atoms with E-state index in [1.54, 1.807) is 24.3 Å². The van der Waals surface area contributed by atoms with Crippen LogP contribution in [0, 0.1) is 0 Å². The number of nitrogens with one attached hydrogen (secondary N) is 2. The highest BCUT2D eigenvalue weighted by atomic mass is 32.2. The zero-order chi connectivity index (χ0) is 18.0. The molecule has 1 atom stereocenters. The van der Waals surface area contributed by atoms with Crippen molar-refractivity contribution in [2.75, 3.05) is 17.5 Å². The summed E-state index contributed by atoms with van der Waals surface area (Å²) in [7, 11) is -3.30. The Morgan fingerprint density at radius 1 is 1.08 bits per heavy atom. The second-order valence-electron chi connectivity index (χ2n) is 6.21. The van der Waals surface area contributed by atoms with Crippen molar-refractivity contribution in [2.45, 2.75) is 58.4 Å². The number of carbonyl (C=O) groups is 1. The van der Waals surface area contributed by atoms with Crippen LogP contribution in [-0.2, 0) is 10.0 Å². The van der Waals surface area contributed by atoms with Gasteiger partial charge >= 0.3 is 0 Å². The summed E-state index contributed by atoms with van der Waals surface area (Å²) in [6.07, 6.45) is 8.14. The van der Waals surface area contributed by atoms with Gasteiger partial charge in [-0.1, -0.05) is 39.5 Å². The Labute approximate surface area is 146 Å². The SMILES string of the molecule is CCCCCCC(CC)NCC(=O)c1ccc(NS(C)(=O)=O)cc1. The van der Waals surface area contributed by atoms with Crippen LogP contribution in [0.1, 0.15) is 62.7 Å². The molecule has 0 saturated heterocycles. The normalized spacial score (nSPS) is 12.8. The summed E-state index contributed by atoms with van der Waals surface area (Å²) < 4.78 is 24.7. The van der Waals surface area contributed by atoms with Crippen molar-refractivity contribution in [3.8, 4) is 0 Å². The van der Waals surface area contributed by atoms with Crippen molar-refractivity contribution in [2.24, 2.45) is 0 Å². The number of Topliss-reactive ketones (excluding diaryl/α,β-unsaturated/α-hetero) is 1. The lowest BCUT2D eigenvalue weighted by Crippen LogP contribution is -2.33. The van der Waals surface area contributed by atoms with Gasteiger partial charge in [0.2, 0.25) is 10.0 Å². The maximum atomic E-state index is 12.2. The highest BCUT2D eigenvalue weighted by Gasteiger charge is 2.10. The first-order valence-electron chi connectivity index (χ1n) is 8.70. The molecule has 0 aliphatic rings. The minimum Gasteiger partial charge on any atom is -0.307 e. The van der Waals surface area contributed by atoms with Crippen LogP contribution in [0.15, 0.2) is 24.3 Å². The zero-order valence-corrected chi connectivity index (χ0v) is 15.8. The molecule has 0 amide bonds. The largest absolute Gasteiger partial charge is 0.307 e. The molecule has 1 aromatic rings. The molecule has 0 aliphatic carbocycles. The topological polar surface area (TPSA) is 75.3 Å². The third-order valence-electron chi connectivity index (χ3n) is 3.96. The van der Waals surface area contributed by atoms with Crippen LogP contribution in [-0.4, -0.2) is 33.0 Å². The van der Waals surface area contributed by atoms with E-state index in [9.17, 15) is 13.2 Å². The average Bonchev–Trinajstić information content (AvgIpc) is 2.53. The molecular formula is C18H30N2O3S. The van der Waals surface area contributed by atoms with Crippen LogP contribution >= 0.6 is 0 Å². The third-order valence-corrected chi connectivity index (χ3v) is 4.57. The fourth-order valence-corrected chi connectivity index (χ4v) is 3.11. The van der Waals surface area contributed by atoms with Crippen LogP contribution in [0.2, 0.25) is 0 Å². The van der Waals surface area contributed by atoms with E-state index in [4.69, 9.17) is 0 Å². The number of rotatable bonds is 12. The average molecular weight is 355 g/mol. The quantitative estimate of drug-likeness (QED) is 0.444. The van der Waals surface area contributed by atoms with Gasteiger partial charge in [-0.3, -0.25) is 9.52 Å². The molecule has 6 heteroatoms. The summed E-state index contributed by atoms with van der Waals surface area (Å²) in [6.45, 7) is 4.64. The first kappa shape index (κ1) is 20.6. The van der Waals surface area contributed by atoms with Crippen molar-refractivity contribution < 1.29 is 13.2 Å². The first-order chi connectivity index (χ1) is 11.4. The van der Waals surface area contributed by atoms with Crippen LogP contribution in [0.5, 0.6) is 0 Å². The van der Waals surface area contributed by atoms with Gasteiger partial charge < -0.3 is 5.32 Å². The molecule has 0 spiro atoms. The molecule has 0 aliphatic heterocycles. The van der Waals surface area contributed by atoms with E-state index in [1.807, 2.05) is 0 Å². The Hall–Kier alpha value is -1.40. The second kappa shape index (κ2) is 10.5. The standard InChI is InChI=1S/C18H30N2O3S/c1-4-6-7-8-9-16(5-2)19-14-18(21)15-10-12-17(13-11-15)20-24(3,22)23/h10-13,16,19-20H,4-9,14H2,1-3H3. The minimum atomic E-state index is -3.30. The van der Waals surface area contributed by atoms with Crippen molar-refractivity contribution in [1.82, 2.24) is 5.32 Å². The Kier molecular flexibility index (Phi) is 9.00. The number of unbranched alkanes of at least 4 members (excludes halogenated alkanes) is 3. The van der Waals surface area contributed by atoms with Gasteiger partial charge in [0.1, 0.15) is 0 Å². The van der Waals surface area contributed by atoms with E-state index in [-0.39, 0.29) is 5.78 Å². The molecule has 0 aromatic heterocycles. The number of sulfonamides is 1. The van der Waals surface area contributed by atoms with Crippen LogP contribution in [0.25, 0.3) is 0 Å². The highest BCUT2D eigenvalue weighted by Crippen LogP contribution is 2.12. The van der Waals surface area contributed by atoms with E-state index < -0.39 is 10.0 Å². The van der Waals surface area contributed by atoms with E-state index in [0.29, 0.717) is 23.8 Å². The third kappa shape index (κ3) is 8.45. The monoisotopic (exact) mass is 354 g/mol. The number of ketones is 1. The summed E-state index contributed by atoms with van der Waals surface area (Å²) in [4.78, 5) is 12.2. The van der Waals surface area contributed by atoms with E-state index in [2.05, 4.69) is 23.9 Å². The molecule has 0 bridgehead atoms. The van der Waals surface area contributed by atoms with Gasteiger partial charge in [-0.2, -0.15) is 0 Å². The van der Waals surface area contributed by atoms with Gasteiger partial charge in [-0.15, -0.1) is 0 Å². The maximum absolute atomic E-state index is 12.2. The second-order valence-corrected chi connectivity index (χ2v) is 7.96. The molecule has 0 fully saturated rings. The number of benzene rings is 1. The Morgan fingerprint density at radius 2 is 1.75 bits per heavy atom. The van der Waals surface area contributed by atoms with E-state index >= 15 is 0 Å². The summed E-state index contributed by atoms with van der Waals surface area (Å²) in [5.74, 6) is 0.0212. The maximum Gasteiger partial charge on any atom is 0.229 e. The smallest absolute Gasteiger partial charge is 0.229 e. The van der Waals surface area contributed by atoms with Crippen LogP contribution in [0.4, 0.5) is 5.69 Å². The predicted octanol–water partition coefficient (Wildman–Crippen LogP) is 3.58. The molecule has 5 nitrogen and oxygen atoms in total. The van der Waals surface area contributed by atoms with Gasteiger partial charge in [0.25, 0.3) is 0 Å². The lowest BCUT2D eigenvalue weighted by atomic mass is 10.0. The molecule has 1 unspecified atom stereocenters. The summed E-state index contributed by atoms with van der Waals surface area (Å²) >= 11 is 0. The van der Waals surface area contributed by atoms with Crippen molar-refractivity contribution in [1.29, 1.82) is 0 Å². The van der Waals surface area contributed by atoms with Crippen LogP contribution < -0.4 is 10.0 Å². The lowest BCUT2D eigenvalue weighted by Gasteiger charge is -2.16. The first-order valence-corrected chi connectivity index (χ1v) is 10.6. The molecule has 0 heterocycles. The summed E-state index contributed by atoms with van der Waals surface area (Å²) in [5.41, 5.74) is 1.05. The summed E-state index contributed by atoms with van der Waals surface area (Å²) in [5, 5.41) is 3.34. The van der Waals surface area contributed by atoms with Crippen LogP contribution in [0.3, 0.4) is 0 Å². The lowest BCUT2D eigenvalue weighted by molar-refractivity contribution is 0.0986. The Bertz CT molecular complexity index is 597. The van der Waals surface area contributed by atoms with E-state index in [1.165, 1.54) is 25.7 Å². The fourth-order valence-electron chi connectivity index (χ4n) is 2.55. The van der Waals surface area contributed by atoms with Gasteiger partial charge in [0, 0.05) is 17.3 Å². The molecule has 1 rings (SSSR count). The van der Waals surface area contributed by atoms with Gasteiger partial charge in [0.05, 0.1) is 12.8 Å². The number of hydrogen-bond acceptors (Lipinski definition) is 4.